The Balaban J connectivity index is 2.42. The van der Waals surface area contributed by atoms with E-state index in [1.54, 1.807) is 23.6 Å². The minimum Gasteiger partial charge on any atom is -0.478 e. The summed E-state index contributed by atoms with van der Waals surface area (Å²) in [4.78, 5) is 15.1. The van der Waals surface area contributed by atoms with Crippen LogP contribution in [0.2, 0.25) is 0 Å². The molecular formula is C13H15N3O4S. The van der Waals surface area contributed by atoms with Gasteiger partial charge in [-0.1, -0.05) is 12.1 Å². The minimum atomic E-state index is -3.92. The van der Waals surface area contributed by atoms with Crippen LogP contribution in [-0.4, -0.2) is 29.0 Å². The average Bonchev–Trinajstić information content (AvgIpc) is 2.87. The number of nitrogens with zero attached hydrogens (tertiary/aromatic N) is 2. The summed E-state index contributed by atoms with van der Waals surface area (Å²) in [6.07, 6.45) is 2.79. The lowest BCUT2D eigenvalue weighted by Gasteiger charge is -2.10. The molecule has 0 aliphatic rings. The van der Waals surface area contributed by atoms with E-state index >= 15 is 0 Å². The van der Waals surface area contributed by atoms with Crippen molar-refractivity contribution in [2.45, 2.75) is 25.4 Å². The van der Waals surface area contributed by atoms with Gasteiger partial charge in [0.05, 0.1) is 17.6 Å². The Morgan fingerprint density at radius 2 is 2.14 bits per heavy atom. The van der Waals surface area contributed by atoms with Crippen LogP contribution in [0.15, 0.2) is 35.7 Å². The predicted molar refractivity (Wildman–Crippen MR) is 76.8 cm³/mol. The van der Waals surface area contributed by atoms with E-state index in [4.69, 9.17) is 0 Å². The van der Waals surface area contributed by atoms with Crippen LogP contribution in [-0.2, 0) is 16.6 Å². The van der Waals surface area contributed by atoms with Crippen LogP contribution in [0.25, 0.3) is 0 Å². The maximum Gasteiger partial charge on any atom is 0.338 e. The fourth-order valence-electron chi connectivity index (χ4n) is 1.89. The zero-order valence-corrected chi connectivity index (χ0v) is 12.4. The number of aromatic nitrogens is 2. The van der Waals surface area contributed by atoms with E-state index in [2.05, 4.69) is 9.71 Å². The molecule has 2 aromatic rings. The molecule has 0 spiro atoms. The zero-order chi connectivity index (χ0) is 15.6. The van der Waals surface area contributed by atoms with E-state index in [9.17, 15) is 18.3 Å². The standard InChI is InChI=1S/C13H15N3O4S/c1-3-16-7-11(14-8-16)21(19,20)15-10-6-4-5-9(2)12(10)13(17)18/h4-8,15H,3H2,1-2H3,(H,17,18). The number of aryl methyl sites for hydroxylation is 2. The Labute approximate surface area is 122 Å². The van der Waals surface area contributed by atoms with Gasteiger partial charge < -0.3 is 9.67 Å². The number of carboxylic acid groups (broad SMARTS) is 1. The second kappa shape index (κ2) is 5.57. The van der Waals surface area contributed by atoms with Gasteiger partial charge in [-0.15, -0.1) is 0 Å². The maximum atomic E-state index is 12.2. The van der Waals surface area contributed by atoms with Crippen molar-refractivity contribution in [1.29, 1.82) is 0 Å². The van der Waals surface area contributed by atoms with E-state index in [-0.39, 0.29) is 16.3 Å². The third kappa shape index (κ3) is 3.05. The van der Waals surface area contributed by atoms with Gasteiger partial charge in [-0.2, -0.15) is 8.42 Å². The first-order chi connectivity index (χ1) is 9.85. The third-order valence-corrected chi connectivity index (χ3v) is 4.23. The van der Waals surface area contributed by atoms with Crippen LogP contribution < -0.4 is 4.72 Å². The molecule has 0 radical (unpaired) electrons. The summed E-state index contributed by atoms with van der Waals surface area (Å²) in [6, 6.07) is 4.60. The molecule has 0 fully saturated rings. The van der Waals surface area contributed by atoms with Gasteiger partial charge in [0.2, 0.25) is 0 Å². The molecule has 0 amide bonds. The van der Waals surface area contributed by atoms with Crippen LogP contribution in [0.3, 0.4) is 0 Å². The van der Waals surface area contributed by atoms with Crippen molar-refractivity contribution in [3.05, 3.63) is 41.9 Å². The average molecular weight is 309 g/mol. The number of rotatable bonds is 5. The Morgan fingerprint density at radius 3 is 2.71 bits per heavy atom. The fourth-order valence-corrected chi connectivity index (χ4v) is 2.91. The first-order valence-corrected chi connectivity index (χ1v) is 7.71. The second-order valence-electron chi connectivity index (χ2n) is 4.45. The summed E-state index contributed by atoms with van der Waals surface area (Å²) in [6.45, 7) is 4.05. The molecule has 1 aromatic carbocycles. The molecule has 0 atom stereocenters. The highest BCUT2D eigenvalue weighted by atomic mass is 32.2. The molecule has 21 heavy (non-hydrogen) atoms. The first kappa shape index (κ1) is 15.0. The summed E-state index contributed by atoms with van der Waals surface area (Å²) in [7, 11) is -3.92. The first-order valence-electron chi connectivity index (χ1n) is 6.22. The van der Waals surface area contributed by atoms with Crippen LogP contribution in [0.4, 0.5) is 5.69 Å². The van der Waals surface area contributed by atoms with E-state index in [1.807, 2.05) is 6.92 Å². The number of aromatic carboxylic acids is 1. The number of anilines is 1. The van der Waals surface area contributed by atoms with Crippen LogP contribution in [0.1, 0.15) is 22.8 Å². The van der Waals surface area contributed by atoms with Crippen molar-refractivity contribution in [3.8, 4) is 0 Å². The molecular weight excluding hydrogens is 294 g/mol. The van der Waals surface area contributed by atoms with E-state index < -0.39 is 16.0 Å². The molecule has 0 bridgehead atoms. The molecule has 0 aliphatic heterocycles. The molecule has 7 nitrogen and oxygen atoms in total. The molecule has 0 aliphatic carbocycles. The highest BCUT2D eigenvalue weighted by Crippen LogP contribution is 2.22. The monoisotopic (exact) mass is 309 g/mol. The van der Waals surface area contributed by atoms with Crippen LogP contribution >= 0.6 is 0 Å². The van der Waals surface area contributed by atoms with Crippen molar-refractivity contribution in [1.82, 2.24) is 9.55 Å². The van der Waals surface area contributed by atoms with Gasteiger partial charge in [-0.25, -0.2) is 9.78 Å². The third-order valence-electron chi connectivity index (χ3n) is 2.98. The van der Waals surface area contributed by atoms with Crippen molar-refractivity contribution in [3.63, 3.8) is 0 Å². The molecule has 2 N–H and O–H groups in total. The summed E-state index contributed by atoms with van der Waals surface area (Å²) in [5.74, 6) is -1.19. The second-order valence-corrected chi connectivity index (χ2v) is 6.08. The van der Waals surface area contributed by atoms with Crippen LogP contribution in [0, 0.1) is 6.92 Å². The lowest BCUT2D eigenvalue weighted by Crippen LogP contribution is -2.16. The predicted octanol–water partition coefficient (Wildman–Crippen LogP) is 1.71. The van der Waals surface area contributed by atoms with Gasteiger partial charge in [-0.3, -0.25) is 4.72 Å². The number of carbonyl (C=O) groups is 1. The molecule has 1 aromatic heterocycles. The van der Waals surface area contributed by atoms with E-state index in [0.717, 1.165) is 0 Å². The number of benzene rings is 1. The van der Waals surface area contributed by atoms with E-state index in [0.29, 0.717) is 12.1 Å². The maximum absolute atomic E-state index is 12.2. The van der Waals surface area contributed by atoms with Gasteiger partial charge >= 0.3 is 5.97 Å². The van der Waals surface area contributed by atoms with E-state index in [1.165, 1.54) is 18.6 Å². The lowest BCUT2D eigenvalue weighted by molar-refractivity contribution is 0.0697. The molecule has 0 saturated heterocycles. The Bertz CT molecular complexity index is 780. The normalized spacial score (nSPS) is 11.3. The summed E-state index contributed by atoms with van der Waals surface area (Å²) in [5, 5.41) is 9.05. The number of carboxylic acids is 1. The minimum absolute atomic E-state index is 0.0218. The molecule has 1 heterocycles. The number of hydrogen-bond acceptors (Lipinski definition) is 4. The summed E-state index contributed by atoms with van der Waals surface area (Å²) >= 11 is 0. The van der Waals surface area contributed by atoms with Crippen molar-refractivity contribution in [2.75, 3.05) is 4.72 Å². The Hall–Kier alpha value is -2.35. The van der Waals surface area contributed by atoms with Gasteiger partial charge in [-0.05, 0) is 25.5 Å². The molecule has 0 unspecified atom stereocenters. The molecule has 2 rings (SSSR count). The summed E-state index contributed by atoms with van der Waals surface area (Å²) in [5.41, 5.74) is 0.423. The Morgan fingerprint density at radius 1 is 1.43 bits per heavy atom. The number of hydrogen-bond donors (Lipinski definition) is 2. The smallest absolute Gasteiger partial charge is 0.338 e. The van der Waals surface area contributed by atoms with Crippen molar-refractivity contribution < 1.29 is 18.3 Å². The number of imidazole rings is 1. The highest BCUT2D eigenvalue weighted by molar-refractivity contribution is 7.92. The largest absolute Gasteiger partial charge is 0.478 e. The van der Waals surface area contributed by atoms with Gasteiger partial charge in [0.25, 0.3) is 10.0 Å². The van der Waals surface area contributed by atoms with Crippen LogP contribution in [0.5, 0.6) is 0 Å². The molecule has 0 saturated carbocycles. The quantitative estimate of drug-likeness (QED) is 0.875. The lowest BCUT2D eigenvalue weighted by atomic mass is 10.1. The topological polar surface area (TPSA) is 101 Å². The Kier molecular flexibility index (Phi) is 3.99. The highest BCUT2D eigenvalue weighted by Gasteiger charge is 2.21. The fraction of sp³-hybridized carbons (Fsp3) is 0.231. The SMILES string of the molecule is CCn1cnc(S(=O)(=O)Nc2cccc(C)c2C(=O)O)c1. The number of sulfonamides is 1. The number of nitrogens with one attached hydrogen (secondary N) is 1. The molecule has 8 heteroatoms. The van der Waals surface area contributed by atoms with Gasteiger partial charge in [0.15, 0.2) is 5.03 Å². The molecule has 112 valence electrons. The van der Waals surface area contributed by atoms with Crippen molar-refractivity contribution in [2.24, 2.45) is 0 Å². The van der Waals surface area contributed by atoms with Gasteiger partial charge in [0, 0.05) is 12.7 Å². The van der Waals surface area contributed by atoms with Gasteiger partial charge in [0.1, 0.15) is 0 Å². The zero-order valence-electron chi connectivity index (χ0n) is 11.6. The van der Waals surface area contributed by atoms with Crippen molar-refractivity contribution >= 4 is 21.7 Å². The summed E-state index contributed by atoms with van der Waals surface area (Å²) < 4.78 is 28.4.